The number of nitrogen functional groups attached to an aromatic ring is 1. The quantitative estimate of drug-likeness (QED) is 0.795. The van der Waals surface area contributed by atoms with Crippen molar-refractivity contribution in [3.63, 3.8) is 0 Å². The van der Waals surface area contributed by atoms with Gasteiger partial charge in [-0.25, -0.2) is 0 Å². The molecule has 1 fully saturated rings. The fraction of sp³-hybridized carbons (Fsp3) is 0.500. The van der Waals surface area contributed by atoms with Crippen LogP contribution in [0.15, 0.2) is 18.2 Å². The second kappa shape index (κ2) is 7.40. The maximum absolute atomic E-state index is 12.2. The lowest BCUT2D eigenvalue weighted by Gasteiger charge is -2.26. The molecule has 1 saturated heterocycles. The van der Waals surface area contributed by atoms with Crippen molar-refractivity contribution in [2.45, 2.75) is 0 Å². The number of methoxy groups -OCH3 is 1. The highest BCUT2D eigenvalue weighted by Gasteiger charge is 2.16. The van der Waals surface area contributed by atoms with Crippen molar-refractivity contribution < 1.29 is 9.53 Å². The van der Waals surface area contributed by atoms with Crippen LogP contribution in [0.1, 0.15) is 10.4 Å². The third-order valence-corrected chi connectivity index (χ3v) is 4.27. The molecule has 5 nitrogen and oxygen atoms in total. The number of nitrogens with two attached hydrogens (primary N) is 1. The smallest absolute Gasteiger partial charge is 0.257 e. The average Bonchev–Trinajstić information content (AvgIpc) is 2.47. The predicted molar refractivity (Wildman–Crippen MR) is 83.5 cm³/mol. The molecule has 0 saturated carbocycles. The Labute approximate surface area is 123 Å². The van der Waals surface area contributed by atoms with E-state index >= 15 is 0 Å². The number of ether oxygens (including phenoxy) is 1. The summed E-state index contributed by atoms with van der Waals surface area (Å²) in [7, 11) is 1.54. The number of anilines is 1. The first-order valence-corrected chi connectivity index (χ1v) is 7.88. The summed E-state index contributed by atoms with van der Waals surface area (Å²) in [5.41, 5.74) is 6.72. The summed E-state index contributed by atoms with van der Waals surface area (Å²) in [6.45, 7) is 3.69. The first-order chi connectivity index (χ1) is 9.72. The number of nitrogens with one attached hydrogen (secondary N) is 1. The first-order valence-electron chi connectivity index (χ1n) is 6.73. The van der Waals surface area contributed by atoms with Gasteiger partial charge in [0.25, 0.3) is 5.91 Å². The van der Waals surface area contributed by atoms with Gasteiger partial charge in [-0.3, -0.25) is 9.69 Å². The number of nitrogens with zero attached hydrogens (tertiary/aromatic N) is 1. The molecule has 20 heavy (non-hydrogen) atoms. The fourth-order valence-electron chi connectivity index (χ4n) is 2.20. The molecule has 1 heterocycles. The van der Waals surface area contributed by atoms with Gasteiger partial charge in [-0.05, 0) is 12.1 Å². The molecule has 0 aliphatic carbocycles. The number of hydrogen-bond donors (Lipinski definition) is 2. The molecule has 110 valence electrons. The van der Waals surface area contributed by atoms with Gasteiger partial charge in [0.2, 0.25) is 0 Å². The summed E-state index contributed by atoms with van der Waals surface area (Å²) < 4.78 is 5.19. The van der Waals surface area contributed by atoms with Crippen molar-refractivity contribution in [2.75, 3.05) is 50.5 Å². The van der Waals surface area contributed by atoms with Gasteiger partial charge in [0.05, 0.1) is 7.11 Å². The van der Waals surface area contributed by atoms with Crippen molar-refractivity contribution in [3.05, 3.63) is 23.8 Å². The van der Waals surface area contributed by atoms with Crippen LogP contribution in [0.25, 0.3) is 0 Å². The third kappa shape index (κ3) is 3.80. The molecule has 1 aliphatic heterocycles. The second-order valence-electron chi connectivity index (χ2n) is 4.63. The normalized spacial score (nSPS) is 15.8. The molecule has 1 aliphatic rings. The minimum atomic E-state index is -0.175. The zero-order valence-corrected chi connectivity index (χ0v) is 12.5. The molecule has 0 spiro atoms. The molecular weight excluding hydrogens is 274 g/mol. The summed E-state index contributed by atoms with van der Waals surface area (Å²) in [4.78, 5) is 14.6. The van der Waals surface area contributed by atoms with Gasteiger partial charge in [0.1, 0.15) is 11.3 Å². The van der Waals surface area contributed by atoms with Crippen molar-refractivity contribution in [2.24, 2.45) is 0 Å². The van der Waals surface area contributed by atoms with Gasteiger partial charge >= 0.3 is 0 Å². The third-order valence-electron chi connectivity index (χ3n) is 3.32. The highest BCUT2D eigenvalue weighted by atomic mass is 32.2. The lowest BCUT2D eigenvalue weighted by atomic mass is 10.1. The zero-order valence-electron chi connectivity index (χ0n) is 11.7. The molecule has 1 amide bonds. The Morgan fingerprint density at radius 1 is 1.45 bits per heavy atom. The largest absolute Gasteiger partial charge is 0.496 e. The lowest BCUT2D eigenvalue weighted by molar-refractivity contribution is 0.0947. The van der Waals surface area contributed by atoms with E-state index in [1.54, 1.807) is 18.2 Å². The van der Waals surface area contributed by atoms with Gasteiger partial charge in [-0.2, -0.15) is 11.8 Å². The van der Waals surface area contributed by atoms with E-state index in [2.05, 4.69) is 10.2 Å². The Bertz CT molecular complexity index is 462. The van der Waals surface area contributed by atoms with E-state index in [0.717, 1.165) is 19.6 Å². The van der Waals surface area contributed by atoms with Crippen LogP contribution in [-0.2, 0) is 0 Å². The van der Waals surface area contributed by atoms with Crippen LogP contribution in [0.4, 0.5) is 5.69 Å². The predicted octanol–water partition coefficient (Wildman–Crippen LogP) is 1.06. The van der Waals surface area contributed by atoms with Crippen LogP contribution >= 0.6 is 11.8 Å². The average molecular weight is 295 g/mol. The van der Waals surface area contributed by atoms with Gasteiger partial charge in [0.15, 0.2) is 0 Å². The van der Waals surface area contributed by atoms with Crippen LogP contribution in [-0.4, -0.2) is 55.6 Å². The summed E-state index contributed by atoms with van der Waals surface area (Å²) in [6.07, 6.45) is 0. The molecule has 1 aromatic rings. The number of amides is 1. The maximum atomic E-state index is 12.2. The van der Waals surface area contributed by atoms with E-state index in [-0.39, 0.29) is 5.91 Å². The molecule has 0 bridgehead atoms. The van der Waals surface area contributed by atoms with E-state index in [9.17, 15) is 4.79 Å². The van der Waals surface area contributed by atoms with E-state index in [1.807, 2.05) is 11.8 Å². The Balaban J connectivity index is 1.88. The molecular formula is C14H21N3O2S. The summed E-state index contributed by atoms with van der Waals surface area (Å²) in [6, 6.07) is 5.22. The summed E-state index contributed by atoms with van der Waals surface area (Å²) in [5, 5.41) is 2.91. The Kier molecular flexibility index (Phi) is 5.55. The van der Waals surface area contributed by atoms with Crippen LogP contribution < -0.4 is 15.8 Å². The maximum Gasteiger partial charge on any atom is 0.257 e. The molecule has 6 heteroatoms. The highest BCUT2D eigenvalue weighted by molar-refractivity contribution is 7.99. The number of carbonyl (C=O) groups is 1. The molecule has 0 radical (unpaired) electrons. The molecule has 1 aromatic carbocycles. The van der Waals surface area contributed by atoms with Crippen molar-refractivity contribution >= 4 is 23.4 Å². The molecule has 0 unspecified atom stereocenters. The number of hydrogen-bond acceptors (Lipinski definition) is 5. The van der Waals surface area contributed by atoms with E-state index in [4.69, 9.17) is 10.5 Å². The van der Waals surface area contributed by atoms with Gasteiger partial charge < -0.3 is 15.8 Å². The van der Waals surface area contributed by atoms with E-state index in [0.29, 0.717) is 23.5 Å². The van der Waals surface area contributed by atoms with Crippen LogP contribution in [0, 0.1) is 0 Å². The van der Waals surface area contributed by atoms with Gasteiger partial charge in [-0.1, -0.05) is 6.07 Å². The Morgan fingerprint density at radius 2 is 2.20 bits per heavy atom. The molecule has 3 N–H and O–H groups in total. The van der Waals surface area contributed by atoms with Crippen LogP contribution in [0.2, 0.25) is 0 Å². The number of rotatable bonds is 5. The number of thioether (sulfide) groups is 1. The highest BCUT2D eigenvalue weighted by Crippen LogP contribution is 2.23. The van der Waals surface area contributed by atoms with E-state index < -0.39 is 0 Å². The SMILES string of the molecule is COc1cccc(N)c1C(=O)NCCN1CCSCC1. The standard InChI is InChI=1S/C14H21N3O2S/c1-19-12-4-2-3-11(15)13(12)14(18)16-5-6-17-7-9-20-10-8-17/h2-4H,5-10,15H2,1H3,(H,16,18). The topological polar surface area (TPSA) is 67.6 Å². The summed E-state index contributed by atoms with van der Waals surface area (Å²) >= 11 is 1.98. The van der Waals surface area contributed by atoms with Crippen molar-refractivity contribution in [3.8, 4) is 5.75 Å². The van der Waals surface area contributed by atoms with Crippen LogP contribution in [0.5, 0.6) is 5.75 Å². The summed E-state index contributed by atoms with van der Waals surface area (Å²) in [5.74, 6) is 2.68. The fourth-order valence-corrected chi connectivity index (χ4v) is 3.18. The molecule has 0 aromatic heterocycles. The first kappa shape index (κ1) is 15.0. The Morgan fingerprint density at radius 3 is 2.90 bits per heavy atom. The minimum absolute atomic E-state index is 0.175. The molecule has 0 atom stereocenters. The van der Waals surface area contributed by atoms with E-state index in [1.165, 1.54) is 18.6 Å². The zero-order chi connectivity index (χ0) is 14.4. The van der Waals surface area contributed by atoms with Crippen LogP contribution in [0.3, 0.4) is 0 Å². The van der Waals surface area contributed by atoms with Gasteiger partial charge in [-0.15, -0.1) is 0 Å². The second-order valence-corrected chi connectivity index (χ2v) is 5.86. The monoisotopic (exact) mass is 295 g/mol. The van der Waals surface area contributed by atoms with Crippen molar-refractivity contribution in [1.82, 2.24) is 10.2 Å². The Hall–Kier alpha value is -1.40. The van der Waals surface area contributed by atoms with Gasteiger partial charge in [0, 0.05) is 43.4 Å². The molecule has 2 rings (SSSR count). The minimum Gasteiger partial charge on any atom is -0.496 e. The lowest BCUT2D eigenvalue weighted by Crippen LogP contribution is -2.39. The number of carbonyl (C=O) groups excluding carboxylic acids is 1. The van der Waals surface area contributed by atoms with Crippen molar-refractivity contribution in [1.29, 1.82) is 0 Å². The number of benzene rings is 1.